The van der Waals surface area contributed by atoms with Crippen molar-refractivity contribution in [2.45, 2.75) is 70.4 Å². The zero-order valence-electron chi connectivity index (χ0n) is 16.8. The number of anilines is 1. The Morgan fingerprint density at radius 2 is 1.67 bits per heavy atom. The lowest BCUT2D eigenvalue weighted by atomic mass is 9.79. The number of piperidine rings is 1. The first-order valence-electron chi connectivity index (χ1n) is 10.9. The summed E-state index contributed by atoms with van der Waals surface area (Å²) >= 11 is 0. The highest BCUT2D eigenvalue weighted by atomic mass is 16.3. The van der Waals surface area contributed by atoms with Gasteiger partial charge in [-0.1, -0.05) is 32.0 Å². The third-order valence-electron chi connectivity index (χ3n) is 7.35. The summed E-state index contributed by atoms with van der Waals surface area (Å²) < 4.78 is 0. The number of hydrogen-bond donors (Lipinski definition) is 1. The number of amides is 1. The molecular weight excluding hydrogens is 336 g/mol. The van der Waals surface area contributed by atoms with Crippen molar-refractivity contribution in [3.63, 3.8) is 0 Å². The maximum absolute atomic E-state index is 12.9. The number of para-hydroxylation sites is 1. The van der Waals surface area contributed by atoms with E-state index in [1.165, 1.54) is 25.7 Å². The first kappa shape index (κ1) is 18.9. The lowest BCUT2D eigenvalue weighted by molar-refractivity contribution is -0.120. The van der Waals surface area contributed by atoms with Crippen molar-refractivity contribution in [1.82, 2.24) is 4.90 Å². The zero-order chi connectivity index (χ0) is 19.0. The fraction of sp³-hybridized carbons (Fsp3) is 0.696. The number of rotatable bonds is 4. The fourth-order valence-electron chi connectivity index (χ4n) is 5.62. The molecule has 1 amide bonds. The second-order valence-electron chi connectivity index (χ2n) is 9.08. The van der Waals surface area contributed by atoms with Gasteiger partial charge in [0.1, 0.15) is 0 Å². The smallest absolute Gasteiger partial charge is 0.237 e. The largest absolute Gasteiger partial charge is 0.395 e. The number of carbonyl (C=O) groups excluding carboxylic acids is 1. The Kier molecular flexibility index (Phi) is 5.56. The first-order chi connectivity index (χ1) is 13.1. The molecular formula is C23H34N2O2. The molecule has 1 saturated carbocycles. The number of fused-ring (bicyclic) bond motifs is 1. The summed E-state index contributed by atoms with van der Waals surface area (Å²) in [5.41, 5.74) is 2.02. The van der Waals surface area contributed by atoms with Crippen molar-refractivity contribution < 1.29 is 9.90 Å². The molecule has 1 aliphatic carbocycles. The number of carbonyl (C=O) groups is 1. The van der Waals surface area contributed by atoms with E-state index in [0.29, 0.717) is 0 Å². The van der Waals surface area contributed by atoms with Crippen LogP contribution in [0.15, 0.2) is 24.3 Å². The van der Waals surface area contributed by atoms with Gasteiger partial charge in [-0.05, 0) is 62.0 Å². The molecule has 2 fully saturated rings. The highest BCUT2D eigenvalue weighted by molar-refractivity contribution is 6.05. The van der Waals surface area contributed by atoms with Gasteiger partial charge >= 0.3 is 0 Å². The van der Waals surface area contributed by atoms with Crippen LogP contribution in [-0.2, 0) is 4.79 Å². The quantitative estimate of drug-likeness (QED) is 0.877. The lowest BCUT2D eigenvalue weighted by Gasteiger charge is -2.43. The van der Waals surface area contributed by atoms with E-state index in [4.69, 9.17) is 0 Å². The van der Waals surface area contributed by atoms with Crippen molar-refractivity contribution in [2.24, 2.45) is 11.8 Å². The number of hydrogen-bond acceptors (Lipinski definition) is 3. The van der Waals surface area contributed by atoms with Gasteiger partial charge in [-0.25, -0.2) is 0 Å². The molecule has 2 heterocycles. The van der Waals surface area contributed by atoms with Crippen LogP contribution in [0, 0.1) is 11.8 Å². The summed E-state index contributed by atoms with van der Waals surface area (Å²) in [6, 6.07) is 9.03. The molecule has 3 aliphatic rings. The van der Waals surface area contributed by atoms with Gasteiger partial charge in [-0.15, -0.1) is 0 Å². The van der Waals surface area contributed by atoms with Crippen molar-refractivity contribution in [3.05, 3.63) is 29.8 Å². The van der Waals surface area contributed by atoms with Crippen LogP contribution in [0.2, 0.25) is 0 Å². The summed E-state index contributed by atoms with van der Waals surface area (Å²) in [7, 11) is 0. The van der Waals surface area contributed by atoms with Gasteiger partial charge in [-0.2, -0.15) is 0 Å². The van der Waals surface area contributed by atoms with E-state index in [2.05, 4.69) is 18.7 Å². The number of nitrogens with zero attached hydrogens (tertiary/aromatic N) is 2. The molecule has 0 aromatic heterocycles. The summed E-state index contributed by atoms with van der Waals surface area (Å²) in [6.07, 6.45) is 7.51. The summed E-state index contributed by atoms with van der Waals surface area (Å²) in [4.78, 5) is 17.6. The van der Waals surface area contributed by atoms with Gasteiger partial charge in [-0.3, -0.25) is 4.79 Å². The Labute approximate surface area is 163 Å². The van der Waals surface area contributed by atoms with Crippen molar-refractivity contribution >= 4 is 11.6 Å². The minimum absolute atomic E-state index is 0.0922. The summed E-state index contributed by atoms with van der Waals surface area (Å²) in [5.74, 6) is 1.45. The van der Waals surface area contributed by atoms with E-state index in [-0.39, 0.29) is 24.5 Å². The minimum Gasteiger partial charge on any atom is -0.395 e. The standard InChI is InChI=1S/C23H34N2O2/c1-16(2)17-7-9-18(10-8-17)24-13-11-19(12-14-24)25-22-6-4-3-5-20(22)21(15-26)23(25)27/h3-6,16-19,21,26H,7-15H2,1-2H3. The van der Waals surface area contributed by atoms with Crippen LogP contribution < -0.4 is 4.90 Å². The van der Waals surface area contributed by atoms with Crippen LogP contribution in [0.25, 0.3) is 0 Å². The Balaban J connectivity index is 1.38. The molecule has 4 nitrogen and oxygen atoms in total. The second kappa shape index (κ2) is 7.92. The number of aliphatic hydroxyl groups is 1. The fourth-order valence-corrected chi connectivity index (χ4v) is 5.62. The summed E-state index contributed by atoms with van der Waals surface area (Å²) in [5, 5.41) is 9.72. The van der Waals surface area contributed by atoms with Gasteiger partial charge in [0.25, 0.3) is 0 Å². The Morgan fingerprint density at radius 3 is 2.30 bits per heavy atom. The molecule has 1 aromatic rings. The van der Waals surface area contributed by atoms with Gasteiger partial charge in [0, 0.05) is 30.9 Å². The Bertz CT molecular complexity index is 658. The third-order valence-corrected chi connectivity index (χ3v) is 7.35. The van der Waals surface area contributed by atoms with Gasteiger partial charge in [0.2, 0.25) is 5.91 Å². The molecule has 1 saturated heterocycles. The van der Waals surface area contributed by atoms with Gasteiger partial charge in [0.15, 0.2) is 0 Å². The van der Waals surface area contributed by atoms with Crippen molar-refractivity contribution in [1.29, 1.82) is 0 Å². The first-order valence-corrected chi connectivity index (χ1v) is 10.9. The van der Waals surface area contributed by atoms with E-state index in [9.17, 15) is 9.90 Å². The van der Waals surface area contributed by atoms with Crippen LogP contribution in [0.4, 0.5) is 5.69 Å². The van der Waals surface area contributed by atoms with E-state index in [1.807, 2.05) is 29.2 Å². The molecule has 2 aliphatic heterocycles. The molecule has 1 atom stereocenters. The SMILES string of the molecule is CC(C)C1CCC(N2CCC(N3C(=O)C(CO)c4ccccc43)CC2)CC1. The van der Waals surface area contributed by atoms with Crippen LogP contribution in [0.5, 0.6) is 0 Å². The van der Waals surface area contributed by atoms with Crippen LogP contribution in [0.3, 0.4) is 0 Å². The van der Waals surface area contributed by atoms with Crippen molar-refractivity contribution in [2.75, 3.05) is 24.6 Å². The normalized spacial score (nSPS) is 30.1. The third kappa shape index (κ3) is 3.54. The van der Waals surface area contributed by atoms with Crippen LogP contribution in [0.1, 0.15) is 63.9 Å². The zero-order valence-corrected chi connectivity index (χ0v) is 16.8. The highest BCUT2D eigenvalue weighted by Gasteiger charge is 2.41. The van der Waals surface area contributed by atoms with Crippen LogP contribution >= 0.6 is 0 Å². The molecule has 1 aromatic carbocycles. The number of likely N-dealkylation sites (tertiary alicyclic amines) is 1. The molecule has 0 radical (unpaired) electrons. The average Bonchev–Trinajstić information content (AvgIpc) is 2.99. The molecule has 148 valence electrons. The van der Waals surface area contributed by atoms with Crippen LogP contribution in [-0.4, -0.2) is 47.7 Å². The molecule has 27 heavy (non-hydrogen) atoms. The maximum Gasteiger partial charge on any atom is 0.237 e. The van der Waals surface area contributed by atoms with Gasteiger partial charge < -0.3 is 14.9 Å². The Morgan fingerprint density at radius 1 is 1.00 bits per heavy atom. The molecule has 1 N–H and O–H groups in total. The second-order valence-corrected chi connectivity index (χ2v) is 9.08. The predicted octanol–water partition coefficient (Wildman–Crippen LogP) is 3.79. The molecule has 0 bridgehead atoms. The predicted molar refractivity (Wildman–Crippen MR) is 109 cm³/mol. The molecule has 4 heteroatoms. The monoisotopic (exact) mass is 370 g/mol. The molecule has 4 rings (SSSR count). The van der Waals surface area contributed by atoms with E-state index < -0.39 is 0 Å². The Hall–Kier alpha value is -1.39. The number of benzene rings is 1. The van der Waals surface area contributed by atoms with Crippen molar-refractivity contribution in [3.8, 4) is 0 Å². The summed E-state index contributed by atoms with van der Waals surface area (Å²) in [6.45, 7) is 6.82. The maximum atomic E-state index is 12.9. The highest BCUT2D eigenvalue weighted by Crippen LogP contribution is 2.40. The molecule has 1 unspecified atom stereocenters. The average molecular weight is 371 g/mol. The lowest BCUT2D eigenvalue weighted by Crippen LogP contribution is -2.50. The number of aliphatic hydroxyl groups excluding tert-OH is 1. The van der Waals surface area contributed by atoms with E-state index >= 15 is 0 Å². The van der Waals surface area contributed by atoms with E-state index in [1.54, 1.807) is 0 Å². The molecule has 0 spiro atoms. The van der Waals surface area contributed by atoms with E-state index in [0.717, 1.165) is 55.1 Å². The topological polar surface area (TPSA) is 43.8 Å². The minimum atomic E-state index is -0.370. The van der Waals surface area contributed by atoms with Gasteiger partial charge in [0.05, 0.1) is 12.5 Å².